The van der Waals surface area contributed by atoms with Crippen LogP contribution in [0.2, 0.25) is 0 Å². The van der Waals surface area contributed by atoms with E-state index in [9.17, 15) is 13.6 Å². The third kappa shape index (κ3) is 6.53. The van der Waals surface area contributed by atoms with Crippen molar-refractivity contribution >= 4 is 6.03 Å². The summed E-state index contributed by atoms with van der Waals surface area (Å²) in [5.74, 6) is -0.756. The van der Waals surface area contributed by atoms with Crippen molar-refractivity contribution in [3.05, 3.63) is 65.4 Å². The second-order valence-corrected chi connectivity index (χ2v) is 9.47. The molecule has 36 heavy (non-hydrogen) atoms. The monoisotopic (exact) mass is 500 g/mol. The first kappa shape index (κ1) is 27.0. The summed E-state index contributed by atoms with van der Waals surface area (Å²) in [7, 11) is 1.58. The second-order valence-electron chi connectivity index (χ2n) is 9.47. The number of carbonyl (C=O) groups excluding carboxylic acids is 1. The van der Waals surface area contributed by atoms with Gasteiger partial charge in [0.05, 0.1) is 30.6 Å². The van der Waals surface area contributed by atoms with Crippen LogP contribution in [0, 0.1) is 11.6 Å². The molecule has 0 atom stereocenters. The lowest BCUT2D eigenvalue weighted by atomic mass is 10.1. The lowest BCUT2D eigenvalue weighted by Gasteiger charge is -2.28. The number of ether oxygens (including phenoxy) is 2. The van der Waals surface area contributed by atoms with E-state index in [1.54, 1.807) is 41.0 Å². The van der Waals surface area contributed by atoms with E-state index in [0.29, 0.717) is 35.7 Å². The van der Waals surface area contributed by atoms with Gasteiger partial charge < -0.3 is 19.7 Å². The fourth-order valence-corrected chi connectivity index (χ4v) is 3.70. The Hall–Kier alpha value is -3.62. The number of hydrogen-bond donors (Lipinski definition) is 1. The molecule has 0 aliphatic rings. The number of rotatable bonds is 9. The van der Waals surface area contributed by atoms with E-state index in [1.807, 2.05) is 34.6 Å². The van der Waals surface area contributed by atoms with Gasteiger partial charge in [0, 0.05) is 18.2 Å². The van der Waals surface area contributed by atoms with Crippen LogP contribution in [0.4, 0.5) is 13.6 Å². The van der Waals surface area contributed by atoms with Crippen molar-refractivity contribution in [3.63, 3.8) is 0 Å². The highest BCUT2D eigenvalue weighted by atomic mass is 19.1. The van der Waals surface area contributed by atoms with Gasteiger partial charge >= 0.3 is 6.03 Å². The van der Waals surface area contributed by atoms with Crippen molar-refractivity contribution in [2.75, 3.05) is 13.7 Å². The first-order valence-corrected chi connectivity index (χ1v) is 12.0. The van der Waals surface area contributed by atoms with Gasteiger partial charge in [-0.05, 0) is 70.0 Å². The molecule has 0 unspecified atom stereocenters. The van der Waals surface area contributed by atoms with Gasteiger partial charge in [-0.1, -0.05) is 13.8 Å². The molecule has 9 heteroatoms. The molecule has 0 aliphatic carbocycles. The van der Waals surface area contributed by atoms with Crippen LogP contribution in [0.5, 0.6) is 17.4 Å². The van der Waals surface area contributed by atoms with Gasteiger partial charge in [-0.2, -0.15) is 5.10 Å². The Balaban J connectivity index is 2.12. The summed E-state index contributed by atoms with van der Waals surface area (Å²) in [6.07, 6.45) is 1.30. The third-order valence-corrected chi connectivity index (χ3v) is 5.38. The van der Waals surface area contributed by atoms with Gasteiger partial charge in [0.1, 0.15) is 11.6 Å². The molecule has 1 N–H and O–H groups in total. The Bertz CT molecular complexity index is 1190. The number of urea groups is 1. The van der Waals surface area contributed by atoms with Crippen LogP contribution >= 0.6 is 0 Å². The number of aryl methyl sites for hydroxylation is 1. The SMILES string of the molecule is CCCN(Cc1c(CC)nn(-c2ccc(OC)cc2)c1Oc1ccc(F)cc1F)C(=O)NC(C)(C)C. The Morgan fingerprint density at radius 1 is 1.11 bits per heavy atom. The van der Waals surface area contributed by atoms with E-state index in [0.717, 1.165) is 18.6 Å². The van der Waals surface area contributed by atoms with Crippen molar-refractivity contribution in [3.8, 4) is 23.1 Å². The van der Waals surface area contributed by atoms with Crippen LogP contribution < -0.4 is 14.8 Å². The van der Waals surface area contributed by atoms with Crippen LogP contribution in [-0.4, -0.2) is 39.9 Å². The average Bonchev–Trinajstić information content (AvgIpc) is 3.16. The zero-order valence-electron chi connectivity index (χ0n) is 21.7. The molecule has 1 heterocycles. The molecule has 0 radical (unpaired) electrons. The molecule has 0 fully saturated rings. The highest BCUT2D eigenvalue weighted by molar-refractivity contribution is 5.75. The summed E-state index contributed by atoms with van der Waals surface area (Å²) in [6.45, 7) is 10.4. The second kappa shape index (κ2) is 11.4. The molecular weight excluding hydrogens is 466 g/mol. The molecule has 1 aromatic heterocycles. The Morgan fingerprint density at radius 3 is 2.36 bits per heavy atom. The van der Waals surface area contributed by atoms with Gasteiger partial charge in [-0.3, -0.25) is 0 Å². The molecule has 0 bridgehead atoms. The fraction of sp³-hybridized carbons (Fsp3) is 0.407. The van der Waals surface area contributed by atoms with Crippen LogP contribution in [0.15, 0.2) is 42.5 Å². The van der Waals surface area contributed by atoms with E-state index < -0.39 is 17.2 Å². The number of nitrogens with zero attached hydrogens (tertiary/aromatic N) is 3. The molecule has 194 valence electrons. The number of benzene rings is 2. The minimum atomic E-state index is -0.836. The lowest BCUT2D eigenvalue weighted by molar-refractivity contribution is 0.185. The van der Waals surface area contributed by atoms with Crippen LogP contribution in [0.3, 0.4) is 0 Å². The topological polar surface area (TPSA) is 68.6 Å². The van der Waals surface area contributed by atoms with E-state index in [2.05, 4.69) is 5.32 Å². The van der Waals surface area contributed by atoms with Gasteiger partial charge in [0.2, 0.25) is 5.88 Å². The predicted molar refractivity (Wildman–Crippen MR) is 135 cm³/mol. The molecule has 0 saturated carbocycles. The summed E-state index contributed by atoms with van der Waals surface area (Å²) in [4.78, 5) is 14.8. The zero-order chi connectivity index (χ0) is 26.5. The maximum Gasteiger partial charge on any atom is 0.318 e. The average molecular weight is 501 g/mol. The molecule has 0 spiro atoms. The number of nitrogens with one attached hydrogen (secondary N) is 1. The number of halogens is 2. The van der Waals surface area contributed by atoms with Crippen LogP contribution in [-0.2, 0) is 13.0 Å². The maximum atomic E-state index is 14.6. The van der Waals surface area contributed by atoms with Crippen molar-refractivity contribution in [2.24, 2.45) is 0 Å². The molecule has 2 amide bonds. The Kier molecular flexibility index (Phi) is 8.55. The standard InChI is InChI=1S/C27H34F2N4O3/c1-7-15-32(26(34)30-27(3,4)5)17-21-23(8-2)31-33(19-10-12-20(35-6)13-11-19)25(21)36-24-14-9-18(28)16-22(24)29/h9-14,16H,7-8,15,17H2,1-6H3,(H,30,34). The first-order chi connectivity index (χ1) is 17.1. The van der Waals surface area contributed by atoms with Crippen LogP contribution in [0.25, 0.3) is 5.69 Å². The maximum absolute atomic E-state index is 14.6. The summed E-state index contributed by atoms with van der Waals surface area (Å²) in [5, 5.41) is 7.74. The molecule has 7 nitrogen and oxygen atoms in total. The van der Waals surface area contributed by atoms with Gasteiger partial charge in [0.25, 0.3) is 0 Å². The summed E-state index contributed by atoms with van der Waals surface area (Å²) in [5.41, 5.74) is 1.60. The molecule has 3 aromatic rings. The number of amides is 2. The molecule has 0 saturated heterocycles. The Morgan fingerprint density at radius 2 is 1.81 bits per heavy atom. The van der Waals surface area contributed by atoms with E-state index in [4.69, 9.17) is 14.6 Å². The molecular formula is C27H34F2N4O3. The number of methoxy groups -OCH3 is 1. The predicted octanol–water partition coefficient (Wildman–Crippen LogP) is 6.23. The third-order valence-electron chi connectivity index (χ3n) is 5.38. The number of carbonyl (C=O) groups is 1. The molecule has 2 aromatic carbocycles. The first-order valence-electron chi connectivity index (χ1n) is 12.0. The quantitative estimate of drug-likeness (QED) is 0.378. The van der Waals surface area contributed by atoms with E-state index >= 15 is 0 Å². The van der Waals surface area contributed by atoms with Crippen molar-refractivity contribution < 1.29 is 23.0 Å². The minimum absolute atomic E-state index is 0.142. The molecule has 0 aliphatic heterocycles. The van der Waals surface area contributed by atoms with Crippen molar-refractivity contribution in [1.82, 2.24) is 20.0 Å². The highest BCUT2D eigenvalue weighted by Crippen LogP contribution is 2.34. The Labute approximate surface area is 211 Å². The zero-order valence-corrected chi connectivity index (χ0v) is 21.7. The summed E-state index contributed by atoms with van der Waals surface area (Å²) < 4.78 is 41.0. The summed E-state index contributed by atoms with van der Waals surface area (Å²) in [6, 6.07) is 10.1. The number of aromatic nitrogens is 2. The molecule has 3 rings (SSSR count). The smallest absolute Gasteiger partial charge is 0.318 e. The highest BCUT2D eigenvalue weighted by Gasteiger charge is 2.26. The van der Waals surface area contributed by atoms with Gasteiger partial charge in [-0.15, -0.1) is 0 Å². The summed E-state index contributed by atoms with van der Waals surface area (Å²) >= 11 is 0. The fourth-order valence-electron chi connectivity index (χ4n) is 3.70. The van der Waals surface area contributed by atoms with E-state index in [-0.39, 0.29) is 24.2 Å². The normalized spacial score (nSPS) is 11.3. The largest absolute Gasteiger partial charge is 0.497 e. The van der Waals surface area contributed by atoms with Gasteiger partial charge in [0.15, 0.2) is 11.6 Å². The van der Waals surface area contributed by atoms with Crippen molar-refractivity contribution in [2.45, 2.75) is 59.5 Å². The van der Waals surface area contributed by atoms with Crippen molar-refractivity contribution in [1.29, 1.82) is 0 Å². The van der Waals surface area contributed by atoms with Crippen LogP contribution in [0.1, 0.15) is 52.3 Å². The number of hydrogen-bond acceptors (Lipinski definition) is 4. The van der Waals surface area contributed by atoms with Gasteiger partial charge in [-0.25, -0.2) is 18.3 Å². The lowest BCUT2D eigenvalue weighted by Crippen LogP contribution is -2.48. The minimum Gasteiger partial charge on any atom is -0.497 e. The van der Waals surface area contributed by atoms with E-state index in [1.165, 1.54) is 6.07 Å².